The average molecular weight is 289 g/mol. The standard InChI is InChI=1S/C11H13ClN2O3S/c12-10-6-8(3-4-13-10)11(15)14-7-9-2-1-5-18(9,16)17/h3-4,6,9H,1-2,5,7H2,(H,14,15). The van der Waals surface area contributed by atoms with Crippen molar-refractivity contribution in [2.75, 3.05) is 12.3 Å². The lowest BCUT2D eigenvalue weighted by atomic mass is 10.2. The van der Waals surface area contributed by atoms with Gasteiger partial charge in [0.25, 0.3) is 5.91 Å². The maximum atomic E-state index is 11.8. The minimum absolute atomic E-state index is 0.154. The van der Waals surface area contributed by atoms with Crippen LogP contribution in [0.3, 0.4) is 0 Å². The number of rotatable bonds is 3. The van der Waals surface area contributed by atoms with Gasteiger partial charge in [-0.05, 0) is 25.0 Å². The van der Waals surface area contributed by atoms with Crippen molar-refractivity contribution >= 4 is 27.3 Å². The zero-order valence-corrected chi connectivity index (χ0v) is 11.2. The van der Waals surface area contributed by atoms with Crippen LogP contribution in [0.25, 0.3) is 0 Å². The molecule has 1 aliphatic heterocycles. The predicted octanol–water partition coefficient (Wildman–Crippen LogP) is 1.04. The van der Waals surface area contributed by atoms with E-state index in [-0.39, 0.29) is 23.4 Å². The van der Waals surface area contributed by atoms with Gasteiger partial charge in [-0.3, -0.25) is 4.79 Å². The van der Waals surface area contributed by atoms with Gasteiger partial charge in [0.2, 0.25) is 0 Å². The van der Waals surface area contributed by atoms with Gasteiger partial charge in [-0.25, -0.2) is 13.4 Å². The number of halogens is 1. The normalized spacial score (nSPS) is 21.7. The second kappa shape index (κ2) is 5.24. The first-order chi connectivity index (χ1) is 8.49. The summed E-state index contributed by atoms with van der Waals surface area (Å²) in [6, 6.07) is 2.98. The van der Waals surface area contributed by atoms with Gasteiger partial charge in [0.15, 0.2) is 9.84 Å². The van der Waals surface area contributed by atoms with Crippen molar-refractivity contribution < 1.29 is 13.2 Å². The summed E-state index contributed by atoms with van der Waals surface area (Å²) in [5.41, 5.74) is 0.380. The molecule has 0 aliphatic carbocycles. The molecule has 2 rings (SSSR count). The number of nitrogens with zero attached hydrogens (tertiary/aromatic N) is 1. The van der Waals surface area contributed by atoms with Crippen LogP contribution in [-0.4, -0.2) is 36.9 Å². The highest BCUT2D eigenvalue weighted by molar-refractivity contribution is 7.92. The predicted molar refractivity (Wildman–Crippen MR) is 68.4 cm³/mol. The second-order valence-electron chi connectivity index (χ2n) is 4.21. The van der Waals surface area contributed by atoms with Crippen LogP contribution in [0.2, 0.25) is 5.15 Å². The van der Waals surface area contributed by atoms with Crippen LogP contribution in [0.5, 0.6) is 0 Å². The smallest absolute Gasteiger partial charge is 0.251 e. The van der Waals surface area contributed by atoms with E-state index in [9.17, 15) is 13.2 Å². The third-order valence-corrected chi connectivity index (χ3v) is 5.42. The monoisotopic (exact) mass is 288 g/mol. The van der Waals surface area contributed by atoms with E-state index in [1.807, 2.05) is 0 Å². The number of sulfone groups is 1. The van der Waals surface area contributed by atoms with Crippen LogP contribution in [-0.2, 0) is 9.84 Å². The number of amides is 1. The zero-order chi connectivity index (χ0) is 13.2. The van der Waals surface area contributed by atoms with E-state index >= 15 is 0 Å². The Morgan fingerprint density at radius 1 is 1.56 bits per heavy atom. The fraction of sp³-hybridized carbons (Fsp3) is 0.455. The Morgan fingerprint density at radius 2 is 2.33 bits per heavy atom. The molecule has 1 amide bonds. The highest BCUT2D eigenvalue weighted by Gasteiger charge is 2.31. The first kappa shape index (κ1) is 13.3. The lowest BCUT2D eigenvalue weighted by molar-refractivity contribution is 0.0953. The van der Waals surface area contributed by atoms with E-state index < -0.39 is 15.1 Å². The van der Waals surface area contributed by atoms with Crippen molar-refractivity contribution in [3.8, 4) is 0 Å². The van der Waals surface area contributed by atoms with Crippen molar-refractivity contribution in [3.63, 3.8) is 0 Å². The fourth-order valence-electron chi connectivity index (χ4n) is 1.94. The van der Waals surface area contributed by atoms with Gasteiger partial charge in [-0.1, -0.05) is 11.6 Å². The summed E-state index contributed by atoms with van der Waals surface area (Å²) < 4.78 is 23.2. The Kier molecular flexibility index (Phi) is 3.87. The Morgan fingerprint density at radius 3 is 2.94 bits per heavy atom. The molecule has 2 heterocycles. The van der Waals surface area contributed by atoms with Gasteiger partial charge >= 0.3 is 0 Å². The minimum Gasteiger partial charge on any atom is -0.351 e. The van der Waals surface area contributed by atoms with E-state index in [1.165, 1.54) is 18.3 Å². The van der Waals surface area contributed by atoms with E-state index in [4.69, 9.17) is 11.6 Å². The van der Waals surface area contributed by atoms with Crippen molar-refractivity contribution in [3.05, 3.63) is 29.0 Å². The maximum Gasteiger partial charge on any atom is 0.251 e. The number of carbonyl (C=O) groups is 1. The first-order valence-electron chi connectivity index (χ1n) is 5.60. The molecular formula is C11H13ClN2O3S. The molecule has 7 heteroatoms. The number of aromatic nitrogens is 1. The average Bonchev–Trinajstić information content (AvgIpc) is 2.65. The van der Waals surface area contributed by atoms with Gasteiger partial charge in [-0.15, -0.1) is 0 Å². The summed E-state index contributed by atoms with van der Waals surface area (Å²) in [5, 5.41) is 2.39. The summed E-state index contributed by atoms with van der Waals surface area (Å²) in [5.74, 6) is -0.115. The lowest BCUT2D eigenvalue weighted by Gasteiger charge is -2.10. The molecule has 0 spiro atoms. The SMILES string of the molecule is O=C(NCC1CCCS1(=O)=O)c1ccnc(Cl)c1. The van der Waals surface area contributed by atoms with Crippen LogP contribution in [0.4, 0.5) is 0 Å². The summed E-state index contributed by atoms with van der Waals surface area (Å²) >= 11 is 5.67. The Hall–Kier alpha value is -1.14. The molecule has 18 heavy (non-hydrogen) atoms. The summed E-state index contributed by atoms with van der Waals surface area (Å²) in [7, 11) is -3.03. The molecule has 1 N–H and O–H groups in total. The topological polar surface area (TPSA) is 76.1 Å². The molecule has 98 valence electrons. The zero-order valence-electron chi connectivity index (χ0n) is 9.60. The molecule has 1 fully saturated rings. The Labute approximate surface area is 110 Å². The molecule has 0 radical (unpaired) electrons. The second-order valence-corrected chi connectivity index (χ2v) is 7.00. The van der Waals surface area contributed by atoms with Crippen LogP contribution in [0.1, 0.15) is 23.2 Å². The molecule has 1 saturated heterocycles. The van der Waals surface area contributed by atoms with Crippen LogP contribution in [0, 0.1) is 0 Å². The lowest BCUT2D eigenvalue weighted by Crippen LogP contribution is -2.34. The van der Waals surface area contributed by atoms with E-state index in [2.05, 4.69) is 10.3 Å². The van der Waals surface area contributed by atoms with Gasteiger partial charge in [-0.2, -0.15) is 0 Å². The largest absolute Gasteiger partial charge is 0.351 e. The molecule has 0 bridgehead atoms. The first-order valence-corrected chi connectivity index (χ1v) is 7.70. The van der Waals surface area contributed by atoms with Crippen molar-refractivity contribution in [1.29, 1.82) is 0 Å². The molecule has 1 unspecified atom stereocenters. The highest BCUT2D eigenvalue weighted by atomic mass is 35.5. The summed E-state index contributed by atoms with van der Waals surface area (Å²) in [4.78, 5) is 15.5. The molecular weight excluding hydrogens is 276 g/mol. The number of carbonyl (C=O) groups excluding carboxylic acids is 1. The molecule has 1 aromatic rings. The molecule has 5 nitrogen and oxygen atoms in total. The minimum atomic E-state index is -3.03. The summed E-state index contributed by atoms with van der Waals surface area (Å²) in [6.07, 6.45) is 2.72. The van der Waals surface area contributed by atoms with Gasteiger partial charge in [0.1, 0.15) is 5.15 Å². The van der Waals surface area contributed by atoms with Gasteiger partial charge in [0.05, 0.1) is 11.0 Å². The molecule has 1 aromatic heterocycles. The highest BCUT2D eigenvalue weighted by Crippen LogP contribution is 2.19. The number of pyridine rings is 1. The molecule has 1 atom stereocenters. The third-order valence-electron chi connectivity index (χ3n) is 2.94. The van der Waals surface area contributed by atoms with Crippen LogP contribution < -0.4 is 5.32 Å². The molecule has 1 aliphatic rings. The molecule has 0 saturated carbocycles. The van der Waals surface area contributed by atoms with E-state index in [1.54, 1.807) is 0 Å². The number of hydrogen-bond acceptors (Lipinski definition) is 4. The van der Waals surface area contributed by atoms with Crippen LogP contribution in [0.15, 0.2) is 18.3 Å². The maximum absolute atomic E-state index is 11.8. The Balaban J connectivity index is 1.97. The summed E-state index contributed by atoms with van der Waals surface area (Å²) in [6.45, 7) is 0.154. The van der Waals surface area contributed by atoms with Crippen molar-refractivity contribution in [1.82, 2.24) is 10.3 Å². The third kappa shape index (κ3) is 3.00. The van der Waals surface area contributed by atoms with Gasteiger partial charge in [0, 0.05) is 18.3 Å². The van der Waals surface area contributed by atoms with Crippen LogP contribution >= 0.6 is 11.6 Å². The quantitative estimate of drug-likeness (QED) is 0.843. The van der Waals surface area contributed by atoms with Crippen molar-refractivity contribution in [2.45, 2.75) is 18.1 Å². The van der Waals surface area contributed by atoms with E-state index in [0.717, 1.165) is 0 Å². The fourth-order valence-corrected chi connectivity index (χ4v) is 3.88. The van der Waals surface area contributed by atoms with E-state index in [0.29, 0.717) is 18.4 Å². The number of nitrogens with one attached hydrogen (secondary N) is 1. The number of hydrogen-bond donors (Lipinski definition) is 1. The van der Waals surface area contributed by atoms with Gasteiger partial charge < -0.3 is 5.32 Å². The van der Waals surface area contributed by atoms with Crippen molar-refractivity contribution in [2.24, 2.45) is 0 Å². The molecule has 0 aromatic carbocycles. The Bertz CT molecular complexity index is 559.